The van der Waals surface area contributed by atoms with Crippen LogP contribution in [-0.2, 0) is 12.6 Å². The van der Waals surface area contributed by atoms with Crippen molar-refractivity contribution in [1.82, 2.24) is 20.1 Å². The van der Waals surface area contributed by atoms with E-state index < -0.39 is 23.7 Å². The predicted octanol–water partition coefficient (Wildman–Crippen LogP) is 4.94. The molecule has 2 aliphatic rings. The Morgan fingerprint density at radius 3 is 2.71 bits per heavy atom. The lowest BCUT2D eigenvalue weighted by molar-refractivity contribution is -0.141. The molecule has 0 unspecified atom stereocenters. The maximum atomic E-state index is 14.9. The summed E-state index contributed by atoms with van der Waals surface area (Å²) in [6.07, 6.45) is -1.79. The van der Waals surface area contributed by atoms with Gasteiger partial charge in [0, 0.05) is 29.4 Å². The molecule has 2 aromatic heterocycles. The number of carbonyl (C=O) groups is 1. The second kappa shape index (κ2) is 8.08. The van der Waals surface area contributed by atoms with Gasteiger partial charge in [0.2, 0.25) is 0 Å². The molecule has 12 heteroatoms. The van der Waals surface area contributed by atoms with Crippen LogP contribution in [-0.4, -0.2) is 32.2 Å². The molecule has 0 spiro atoms. The standard InChI is InChI=1S/C22H16ClF4N5O2/c23-14-8-16(15(24)7-13(14)10-1-4-18(28-9-10)22(25,26)27)29-21(34)32-12-2-3-17(32)20-11(5-12)6-19(33)30-31-20/h1,4,6-9,12,17H,2-3,5H2,(H,29,34)(H,30,33)/t12-,17+/m0/s1. The molecule has 4 heterocycles. The number of fused-ring (bicyclic) bond motifs is 4. The Balaban J connectivity index is 1.38. The Morgan fingerprint density at radius 1 is 1.21 bits per heavy atom. The van der Waals surface area contributed by atoms with Crippen LogP contribution < -0.4 is 10.9 Å². The Labute approximate surface area is 194 Å². The lowest BCUT2D eigenvalue weighted by Crippen LogP contribution is -2.45. The molecule has 2 amide bonds. The summed E-state index contributed by atoms with van der Waals surface area (Å²) in [6.45, 7) is 0. The summed E-state index contributed by atoms with van der Waals surface area (Å²) < 4.78 is 53.1. The number of aromatic amines is 1. The van der Waals surface area contributed by atoms with Gasteiger partial charge in [-0.15, -0.1) is 0 Å². The van der Waals surface area contributed by atoms with Crippen molar-refractivity contribution >= 4 is 23.3 Å². The number of hydrogen-bond donors (Lipinski definition) is 2. The number of anilines is 1. The smallest absolute Gasteiger partial charge is 0.313 e. The van der Waals surface area contributed by atoms with Crippen LogP contribution in [0.5, 0.6) is 0 Å². The van der Waals surface area contributed by atoms with Crippen molar-refractivity contribution in [2.75, 3.05) is 5.32 Å². The number of benzene rings is 1. The molecule has 2 atom stereocenters. The predicted molar refractivity (Wildman–Crippen MR) is 115 cm³/mol. The van der Waals surface area contributed by atoms with Crippen LogP contribution >= 0.6 is 11.6 Å². The third kappa shape index (κ3) is 3.89. The number of nitrogens with zero attached hydrogens (tertiary/aromatic N) is 3. The summed E-state index contributed by atoms with van der Waals surface area (Å²) in [5.41, 5.74) is 0.192. The first kappa shape index (κ1) is 22.3. The molecule has 176 valence electrons. The van der Waals surface area contributed by atoms with Crippen LogP contribution in [0.3, 0.4) is 0 Å². The van der Waals surface area contributed by atoms with E-state index in [0.29, 0.717) is 25.0 Å². The molecule has 0 radical (unpaired) electrons. The lowest BCUT2D eigenvalue weighted by atomic mass is 9.99. The van der Waals surface area contributed by atoms with Crippen LogP contribution in [0.15, 0.2) is 41.3 Å². The van der Waals surface area contributed by atoms with Crippen LogP contribution in [0.4, 0.5) is 28.0 Å². The van der Waals surface area contributed by atoms with Gasteiger partial charge in [0.15, 0.2) is 0 Å². The maximum absolute atomic E-state index is 14.9. The Bertz CT molecular complexity index is 1340. The molecule has 0 saturated carbocycles. The molecule has 3 aromatic rings. The van der Waals surface area contributed by atoms with Gasteiger partial charge in [-0.3, -0.25) is 9.78 Å². The molecular formula is C22H16ClF4N5O2. The van der Waals surface area contributed by atoms with E-state index >= 15 is 0 Å². The highest BCUT2D eigenvalue weighted by Gasteiger charge is 2.44. The number of aromatic nitrogens is 3. The van der Waals surface area contributed by atoms with Crippen molar-refractivity contribution in [1.29, 1.82) is 0 Å². The average molecular weight is 494 g/mol. The monoisotopic (exact) mass is 493 g/mol. The van der Waals surface area contributed by atoms with E-state index in [1.54, 1.807) is 4.90 Å². The second-order valence-corrected chi connectivity index (χ2v) is 8.58. The van der Waals surface area contributed by atoms with Crippen molar-refractivity contribution in [3.8, 4) is 11.1 Å². The molecule has 2 bridgehead atoms. The quantitative estimate of drug-likeness (QED) is 0.495. The number of hydrogen-bond acceptors (Lipinski definition) is 4. The largest absolute Gasteiger partial charge is 0.433 e. The summed E-state index contributed by atoms with van der Waals surface area (Å²) in [4.78, 5) is 29.6. The number of alkyl halides is 3. The van der Waals surface area contributed by atoms with Gasteiger partial charge in [0.25, 0.3) is 5.56 Å². The minimum Gasteiger partial charge on any atom is -0.313 e. The zero-order valence-corrected chi connectivity index (χ0v) is 18.0. The highest BCUT2D eigenvalue weighted by atomic mass is 35.5. The lowest BCUT2D eigenvalue weighted by Gasteiger charge is -2.35. The molecule has 7 nitrogen and oxygen atoms in total. The van der Waals surface area contributed by atoms with Crippen LogP contribution in [0.2, 0.25) is 5.02 Å². The number of amides is 2. The van der Waals surface area contributed by atoms with E-state index in [2.05, 4.69) is 20.5 Å². The van der Waals surface area contributed by atoms with Crippen molar-refractivity contribution in [3.05, 3.63) is 74.7 Å². The SMILES string of the molecule is O=C(Nc1cc(Cl)c(-c2ccc(C(F)(F)F)nc2)cc1F)N1[C@H]2CC[C@@H]1c1n[nH]c(=O)cc1C2. The zero-order valence-electron chi connectivity index (χ0n) is 17.3. The second-order valence-electron chi connectivity index (χ2n) is 8.17. The topological polar surface area (TPSA) is 91.0 Å². The number of H-pyrrole nitrogens is 1. The van der Waals surface area contributed by atoms with Crippen molar-refractivity contribution in [2.24, 2.45) is 0 Å². The van der Waals surface area contributed by atoms with Crippen molar-refractivity contribution in [2.45, 2.75) is 37.5 Å². The van der Waals surface area contributed by atoms with Gasteiger partial charge in [-0.2, -0.15) is 18.3 Å². The maximum Gasteiger partial charge on any atom is 0.433 e. The number of pyridine rings is 1. The van der Waals surface area contributed by atoms with E-state index in [9.17, 15) is 27.2 Å². The van der Waals surface area contributed by atoms with Gasteiger partial charge in [-0.25, -0.2) is 14.3 Å². The Kier molecular flexibility index (Phi) is 5.31. The number of rotatable bonds is 2. The Hall–Kier alpha value is -3.47. The van der Waals surface area contributed by atoms with Gasteiger partial charge in [0.05, 0.1) is 22.4 Å². The minimum absolute atomic E-state index is 0.0319. The number of urea groups is 1. The molecule has 34 heavy (non-hydrogen) atoms. The fourth-order valence-corrected chi connectivity index (χ4v) is 4.85. The van der Waals surface area contributed by atoms with E-state index in [4.69, 9.17) is 11.6 Å². The van der Waals surface area contributed by atoms with Crippen molar-refractivity contribution < 1.29 is 22.4 Å². The van der Waals surface area contributed by atoms with Gasteiger partial charge in [-0.05, 0) is 43.0 Å². The van der Waals surface area contributed by atoms with E-state index in [-0.39, 0.29) is 39.5 Å². The molecule has 0 aliphatic carbocycles. The normalized spacial score (nSPS) is 19.1. The molecule has 2 N–H and O–H groups in total. The molecular weight excluding hydrogens is 478 g/mol. The first-order chi connectivity index (χ1) is 16.1. The van der Waals surface area contributed by atoms with Crippen LogP contribution in [0, 0.1) is 5.82 Å². The number of carbonyl (C=O) groups excluding carboxylic acids is 1. The van der Waals surface area contributed by atoms with Crippen molar-refractivity contribution in [3.63, 3.8) is 0 Å². The van der Waals surface area contributed by atoms with E-state index in [0.717, 1.165) is 30.0 Å². The fraction of sp³-hybridized carbons (Fsp3) is 0.273. The summed E-state index contributed by atoms with van der Waals surface area (Å²) in [6, 6.07) is 4.62. The highest BCUT2D eigenvalue weighted by molar-refractivity contribution is 6.33. The molecule has 2 aliphatic heterocycles. The summed E-state index contributed by atoms with van der Waals surface area (Å²) in [7, 11) is 0. The zero-order chi connectivity index (χ0) is 24.2. The first-order valence-electron chi connectivity index (χ1n) is 10.3. The molecule has 1 fully saturated rings. The average Bonchev–Trinajstić information content (AvgIpc) is 3.10. The van der Waals surface area contributed by atoms with E-state index in [1.807, 2.05) is 0 Å². The van der Waals surface area contributed by atoms with Gasteiger partial charge in [0.1, 0.15) is 11.5 Å². The number of halogens is 5. The summed E-state index contributed by atoms with van der Waals surface area (Å²) in [5, 5.41) is 9.06. The first-order valence-corrected chi connectivity index (χ1v) is 10.7. The Morgan fingerprint density at radius 2 is 2.00 bits per heavy atom. The molecule has 1 aromatic carbocycles. The van der Waals surface area contributed by atoms with Crippen LogP contribution in [0.25, 0.3) is 11.1 Å². The highest BCUT2D eigenvalue weighted by Crippen LogP contribution is 2.43. The van der Waals surface area contributed by atoms with Crippen LogP contribution in [0.1, 0.15) is 35.8 Å². The van der Waals surface area contributed by atoms with Gasteiger partial charge in [-0.1, -0.05) is 17.7 Å². The third-order valence-corrected chi connectivity index (χ3v) is 6.41. The number of nitrogens with one attached hydrogen (secondary N) is 2. The minimum atomic E-state index is -4.60. The molecule has 1 saturated heterocycles. The van der Waals surface area contributed by atoms with E-state index in [1.165, 1.54) is 12.1 Å². The van der Waals surface area contributed by atoms with Gasteiger partial charge >= 0.3 is 12.2 Å². The summed E-state index contributed by atoms with van der Waals surface area (Å²) >= 11 is 6.26. The van der Waals surface area contributed by atoms with Gasteiger partial charge < -0.3 is 10.2 Å². The molecule has 5 rings (SSSR count). The summed E-state index contributed by atoms with van der Waals surface area (Å²) in [5.74, 6) is -0.806. The fourth-order valence-electron chi connectivity index (χ4n) is 4.58. The third-order valence-electron chi connectivity index (χ3n) is 6.09.